The van der Waals surface area contributed by atoms with E-state index in [-0.39, 0.29) is 0 Å². The summed E-state index contributed by atoms with van der Waals surface area (Å²) in [6.07, 6.45) is 9.12. The number of nitrogens with zero attached hydrogens (tertiary/aromatic N) is 4. The molecule has 0 bridgehead atoms. The minimum absolute atomic E-state index is 1.01. The summed E-state index contributed by atoms with van der Waals surface area (Å²) in [5.74, 6) is 0. The smallest absolute Gasteiger partial charge is 0.0366 e. The number of allylic oxidation sites excluding steroid dienone is 4. The molecule has 0 fully saturated rings. The zero-order chi connectivity index (χ0) is 53.5. The van der Waals surface area contributed by atoms with E-state index in [1.807, 2.05) is 0 Å². The van der Waals surface area contributed by atoms with Crippen molar-refractivity contribution in [2.75, 3.05) is 72.0 Å². The third kappa shape index (κ3) is 14.6. The van der Waals surface area contributed by atoms with Crippen molar-refractivity contribution in [1.29, 1.82) is 0 Å². The third-order valence-corrected chi connectivity index (χ3v) is 14.4. The first kappa shape index (κ1) is 55.7. The largest absolute Gasteiger partial charge is 0.372 e. The number of rotatable bonds is 22. The Labute approximate surface area is 457 Å². The van der Waals surface area contributed by atoms with Crippen LogP contribution < -0.4 is 19.6 Å². The molecule has 0 saturated heterocycles. The number of hydrogen-bond acceptors (Lipinski definition) is 4. The highest BCUT2D eigenvalue weighted by molar-refractivity contribution is 5.88. The number of benzene rings is 8. The summed E-state index contributed by atoms with van der Waals surface area (Å²) in [5, 5.41) is 0. The van der Waals surface area contributed by atoms with Crippen molar-refractivity contribution in [2.24, 2.45) is 0 Å². The maximum absolute atomic E-state index is 2.38. The van der Waals surface area contributed by atoms with Gasteiger partial charge in [-0.3, -0.25) is 0 Å². The van der Waals surface area contributed by atoms with Gasteiger partial charge in [-0.1, -0.05) is 194 Å². The standard InChI is InChI=1S/2C36H40N2/c2*1-5-37(6-2)33-23-19-31(20-24-33)36(32-21-25-34(26-22-32)38(7-3)8-4)28-27-35(29-15-11-9-12-16-29)30-17-13-10-14-18-30/h2*9-28H,5-8H2,1-4H3. The summed E-state index contributed by atoms with van der Waals surface area (Å²) in [6.45, 7) is 25.7. The second-order valence-corrected chi connectivity index (χ2v) is 18.7. The lowest BCUT2D eigenvalue weighted by molar-refractivity contribution is 0.866. The third-order valence-electron chi connectivity index (χ3n) is 14.4. The van der Waals surface area contributed by atoms with Crippen LogP contribution in [0.1, 0.15) is 99.9 Å². The topological polar surface area (TPSA) is 13.0 Å². The van der Waals surface area contributed by atoms with Gasteiger partial charge in [0.15, 0.2) is 0 Å². The first-order valence-electron chi connectivity index (χ1n) is 27.8. The van der Waals surface area contributed by atoms with Crippen LogP contribution in [0.5, 0.6) is 0 Å². The minimum atomic E-state index is 1.01. The van der Waals surface area contributed by atoms with Gasteiger partial charge in [0.25, 0.3) is 0 Å². The fourth-order valence-corrected chi connectivity index (χ4v) is 10.0. The van der Waals surface area contributed by atoms with Crippen molar-refractivity contribution in [3.63, 3.8) is 0 Å². The fourth-order valence-electron chi connectivity index (χ4n) is 10.0. The van der Waals surface area contributed by atoms with Crippen LogP contribution >= 0.6 is 0 Å². The first-order chi connectivity index (χ1) is 37.4. The Morgan fingerprint density at radius 2 is 0.355 bits per heavy atom. The van der Waals surface area contributed by atoms with Gasteiger partial charge >= 0.3 is 0 Å². The molecule has 8 aromatic carbocycles. The van der Waals surface area contributed by atoms with Crippen molar-refractivity contribution in [2.45, 2.75) is 55.4 Å². The zero-order valence-electron chi connectivity index (χ0n) is 46.5. The quantitative estimate of drug-likeness (QED) is 0.0627. The summed E-state index contributed by atoms with van der Waals surface area (Å²) in [7, 11) is 0. The monoisotopic (exact) mass is 1000 g/mol. The van der Waals surface area contributed by atoms with Crippen LogP contribution in [0.25, 0.3) is 22.3 Å². The molecule has 4 heteroatoms. The summed E-state index contributed by atoms with van der Waals surface area (Å²) < 4.78 is 0. The molecule has 0 aromatic heterocycles. The van der Waals surface area contributed by atoms with Crippen LogP contribution in [0.4, 0.5) is 22.7 Å². The van der Waals surface area contributed by atoms with Gasteiger partial charge in [-0.05, 0) is 171 Å². The Morgan fingerprint density at radius 1 is 0.211 bits per heavy atom. The molecule has 0 aliphatic heterocycles. The second kappa shape index (κ2) is 29.1. The van der Waals surface area contributed by atoms with Gasteiger partial charge in [0, 0.05) is 75.1 Å². The van der Waals surface area contributed by atoms with E-state index in [0.717, 1.165) is 52.4 Å². The Morgan fingerprint density at radius 3 is 0.500 bits per heavy atom. The molecular weight excluding hydrogens is 921 g/mol. The maximum atomic E-state index is 2.38. The summed E-state index contributed by atoms with van der Waals surface area (Å²) in [6, 6.07) is 78.7. The van der Waals surface area contributed by atoms with E-state index in [4.69, 9.17) is 0 Å². The summed E-state index contributed by atoms with van der Waals surface area (Å²) in [4.78, 5) is 9.54. The molecule has 0 heterocycles. The van der Waals surface area contributed by atoms with Gasteiger partial charge in [-0.2, -0.15) is 0 Å². The number of hydrogen-bond donors (Lipinski definition) is 0. The summed E-state index contributed by atoms with van der Waals surface area (Å²) >= 11 is 0. The van der Waals surface area contributed by atoms with E-state index < -0.39 is 0 Å². The molecule has 0 saturated carbocycles. The normalized spacial score (nSPS) is 10.5. The van der Waals surface area contributed by atoms with Crippen LogP contribution in [-0.4, -0.2) is 52.4 Å². The van der Waals surface area contributed by atoms with E-state index in [9.17, 15) is 0 Å². The second-order valence-electron chi connectivity index (χ2n) is 18.7. The maximum Gasteiger partial charge on any atom is 0.0366 e. The van der Waals surface area contributed by atoms with Crippen molar-refractivity contribution < 1.29 is 0 Å². The first-order valence-corrected chi connectivity index (χ1v) is 27.8. The van der Waals surface area contributed by atoms with E-state index in [1.165, 1.54) is 89.5 Å². The molecule has 388 valence electrons. The minimum Gasteiger partial charge on any atom is -0.372 e. The van der Waals surface area contributed by atoms with Crippen LogP contribution in [0.3, 0.4) is 0 Å². The SMILES string of the molecule is CCN(CC)c1ccc(C(=CC=C(c2ccccc2)c2ccccc2)c2ccc(N(CC)CC)cc2)cc1.CCN(CC)c1ccc(C(=CC=C(c2ccccc2)c2ccccc2)c2ccc(N(CC)CC)cc2)cc1. The lowest BCUT2D eigenvalue weighted by Gasteiger charge is -2.22. The molecule has 4 nitrogen and oxygen atoms in total. The molecule has 0 unspecified atom stereocenters. The lowest BCUT2D eigenvalue weighted by Crippen LogP contribution is -2.21. The van der Waals surface area contributed by atoms with Crippen LogP contribution in [0, 0.1) is 0 Å². The highest BCUT2D eigenvalue weighted by Gasteiger charge is 2.13. The highest BCUT2D eigenvalue weighted by Crippen LogP contribution is 2.33. The molecule has 8 rings (SSSR count). The summed E-state index contributed by atoms with van der Waals surface area (Å²) in [5.41, 5.74) is 19.6. The fraction of sp³-hybridized carbons (Fsp3) is 0.222. The van der Waals surface area contributed by atoms with Gasteiger partial charge in [0.2, 0.25) is 0 Å². The van der Waals surface area contributed by atoms with Gasteiger partial charge in [0.1, 0.15) is 0 Å². The Balaban J connectivity index is 0.000000221. The molecule has 0 radical (unpaired) electrons. The van der Waals surface area contributed by atoms with Crippen LogP contribution in [0.15, 0.2) is 243 Å². The molecule has 0 spiro atoms. The molecule has 0 N–H and O–H groups in total. The van der Waals surface area contributed by atoms with Crippen LogP contribution in [0.2, 0.25) is 0 Å². The van der Waals surface area contributed by atoms with Gasteiger partial charge in [-0.15, -0.1) is 0 Å². The van der Waals surface area contributed by atoms with Crippen molar-refractivity contribution >= 4 is 45.0 Å². The van der Waals surface area contributed by atoms with E-state index in [2.05, 4.69) is 318 Å². The molecular formula is C72H80N4. The van der Waals surface area contributed by atoms with Crippen molar-refractivity contribution in [3.8, 4) is 0 Å². The Hall–Kier alpha value is -8.08. The highest BCUT2D eigenvalue weighted by atomic mass is 15.1. The molecule has 0 aliphatic rings. The van der Waals surface area contributed by atoms with Crippen molar-refractivity contribution in [1.82, 2.24) is 0 Å². The van der Waals surface area contributed by atoms with Gasteiger partial charge in [-0.25, -0.2) is 0 Å². The predicted molar refractivity (Wildman–Crippen MR) is 334 cm³/mol. The molecule has 0 aliphatic carbocycles. The van der Waals surface area contributed by atoms with E-state index in [1.54, 1.807) is 0 Å². The molecule has 76 heavy (non-hydrogen) atoms. The zero-order valence-corrected chi connectivity index (χ0v) is 46.5. The van der Waals surface area contributed by atoms with E-state index in [0.29, 0.717) is 0 Å². The predicted octanol–water partition coefficient (Wildman–Crippen LogP) is 17.9. The Kier molecular flexibility index (Phi) is 21.3. The van der Waals surface area contributed by atoms with Gasteiger partial charge in [0.05, 0.1) is 0 Å². The van der Waals surface area contributed by atoms with Crippen molar-refractivity contribution in [3.05, 3.63) is 287 Å². The molecule has 0 atom stereocenters. The van der Waals surface area contributed by atoms with E-state index >= 15 is 0 Å². The van der Waals surface area contributed by atoms with Gasteiger partial charge < -0.3 is 19.6 Å². The lowest BCUT2D eigenvalue weighted by atomic mass is 9.93. The average molecular weight is 1000 g/mol. The van der Waals surface area contributed by atoms with Crippen LogP contribution in [-0.2, 0) is 0 Å². The average Bonchev–Trinajstić information content (AvgIpc) is 3.49. The molecule has 8 aromatic rings. The molecule has 0 amide bonds. The number of anilines is 4. The Bertz CT molecular complexity index is 2640.